The highest BCUT2D eigenvalue weighted by Gasteiger charge is 2.30. The van der Waals surface area contributed by atoms with Crippen LogP contribution >= 0.6 is 0 Å². The summed E-state index contributed by atoms with van der Waals surface area (Å²) in [6.45, 7) is 5.50. The van der Waals surface area contributed by atoms with Crippen molar-refractivity contribution in [1.82, 2.24) is 19.4 Å². The van der Waals surface area contributed by atoms with E-state index in [0.717, 1.165) is 37.7 Å². The van der Waals surface area contributed by atoms with E-state index in [1.54, 1.807) is 11.7 Å². The molecule has 0 aliphatic carbocycles. The van der Waals surface area contributed by atoms with Crippen molar-refractivity contribution in [2.24, 2.45) is 4.99 Å². The fourth-order valence-electron chi connectivity index (χ4n) is 3.50. The van der Waals surface area contributed by atoms with E-state index < -0.39 is 6.17 Å². The minimum absolute atomic E-state index is 0.137. The largest absolute Gasteiger partial charge is 0.496 e. The standard InChI is InChI=1S/C19H24N6O2/c1-13-12-16(26)25-17(14-6-4-5-7-15(14)27-3)21-18(22-19(25)20-13)24-10-8-23(2)9-11-24/h4-7,12,17H,8-11H2,1-3H3,(H,20,21,22). The first kappa shape index (κ1) is 17.5. The summed E-state index contributed by atoms with van der Waals surface area (Å²) in [5, 5.41) is 3.27. The minimum Gasteiger partial charge on any atom is -0.496 e. The van der Waals surface area contributed by atoms with Gasteiger partial charge in [-0.2, -0.15) is 0 Å². The molecule has 1 atom stereocenters. The van der Waals surface area contributed by atoms with Crippen LogP contribution < -0.4 is 15.6 Å². The number of nitrogens with one attached hydrogen (secondary N) is 1. The number of likely N-dealkylation sites (N-methyl/N-ethyl adjacent to an activating group) is 1. The summed E-state index contributed by atoms with van der Waals surface area (Å²) in [4.78, 5) is 26.7. The van der Waals surface area contributed by atoms with Gasteiger partial charge >= 0.3 is 0 Å². The Morgan fingerprint density at radius 2 is 1.93 bits per heavy atom. The lowest BCUT2D eigenvalue weighted by Crippen LogP contribution is -2.51. The summed E-state index contributed by atoms with van der Waals surface area (Å²) >= 11 is 0. The maximum atomic E-state index is 12.7. The Morgan fingerprint density at radius 3 is 2.67 bits per heavy atom. The first-order chi connectivity index (χ1) is 13.1. The molecule has 142 valence electrons. The van der Waals surface area contributed by atoms with Gasteiger partial charge in [-0.15, -0.1) is 0 Å². The Morgan fingerprint density at radius 1 is 1.19 bits per heavy atom. The Labute approximate surface area is 158 Å². The lowest BCUT2D eigenvalue weighted by molar-refractivity contribution is 0.213. The van der Waals surface area contributed by atoms with Gasteiger partial charge in [-0.3, -0.25) is 14.7 Å². The summed E-state index contributed by atoms with van der Waals surface area (Å²) in [7, 11) is 3.74. The normalized spacial score (nSPS) is 19.9. The van der Waals surface area contributed by atoms with E-state index >= 15 is 0 Å². The number of piperazine rings is 1. The fraction of sp³-hybridized carbons (Fsp3) is 0.421. The number of aliphatic imine (C=N–C) groups is 1. The molecule has 8 nitrogen and oxygen atoms in total. The predicted molar refractivity (Wildman–Crippen MR) is 104 cm³/mol. The Hall–Kier alpha value is -2.87. The highest BCUT2D eigenvalue weighted by atomic mass is 16.5. The molecule has 1 saturated heterocycles. The summed E-state index contributed by atoms with van der Waals surface area (Å²) in [5.41, 5.74) is 1.38. The number of hydrogen-bond acceptors (Lipinski definition) is 7. The van der Waals surface area contributed by atoms with Crippen molar-refractivity contribution < 1.29 is 4.74 Å². The molecule has 0 saturated carbocycles. The SMILES string of the molecule is COc1ccccc1C1N=C(N2CCN(C)CC2)Nc2nc(C)cc(=O)n21. The van der Waals surface area contributed by atoms with Crippen molar-refractivity contribution in [1.29, 1.82) is 0 Å². The molecule has 1 unspecified atom stereocenters. The molecule has 27 heavy (non-hydrogen) atoms. The zero-order valence-corrected chi connectivity index (χ0v) is 15.8. The average Bonchev–Trinajstić information content (AvgIpc) is 2.67. The number of aromatic nitrogens is 2. The van der Waals surface area contributed by atoms with Crippen molar-refractivity contribution in [3.63, 3.8) is 0 Å². The van der Waals surface area contributed by atoms with Crippen molar-refractivity contribution in [3.8, 4) is 5.75 Å². The minimum atomic E-state index is -0.521. The van der Waals surface area contributed by atoms with Crippen LogP contribution in [0.4, 0.5) is 5.95 Å². The van der Waals surface area contributed by atoms with E-state index in [1.165, 1.54) is 6.07 Å². The number of nitrogens with zero attached hydrogens (tertiary/aromatic N) is 5. The number of aryl methyl sites for hydroxylation is 1. The third kappa shape index (κ3) is 3.28. The summed E-state index contributed by atoms with van der Waals surface area (Å²) in [6, 6.07) is 9.19. The second-order valence-electron chi connectivity index (χ2n) is 6.91. The van der Waals surface area contributed by atoms with Crippen molar-refractivity contribution >= 4 is 11.9 Å². The molecule has 0 amide bonds. The second kappa shape index (κ2) is 7.03. The lowest BCUT2D eigenvalue weighted by Gasteiger charge is -2.37. The molecule has 0 spiro atoms. The molecule has 1 N–H and O–H groups in total. The van der Waals surface area contributed by atoms with Crippen LogP contribution in [-0.2, 0) is 0 Å². The maximum absolute atomic E-state index is 12.7. The smallest absolute Gasteiger partial charge is 0.257 e. The van der Waals surface area contributed by atoms with Gasteiger partial charge in [0.2, 0.25) is 11.9 Å². The zero-order valence-electron chi connectivity index (χ0n) is 15.8. The molecule has 2 aliphatic heterocycles. The fourth-order valence-corrected chi connectivity index (χ4v) is 3.50. The van der Waals surface area contributed by atoms with E-state index in [-0.39, 0.29) is 5.56 Å². The van der Waals surface area contributed by atoms with Gasteiger partial charge in [0.1, 0.15) is 5.75 Å². The number of methoxy groups -OCH3 is 1. The Balaban J connectivity index is 1.82. The van der Waals surface area contributed by atoms with Crippen LogP contribution in [0.25, 0.3) is 0 Å². The van der Waals surface area contributed by atoms with Gasteiger partial charge in [-0.05, 0) is 20.0 Å². The van der Waals surface area contributed by atoms with Crippen LogP contribution in [0.15, 0.2) is 40.1 Å². The number of guanidine groups is 1. The predicted octanol–water partition coefficient (Wildman–Crippen LogP) is 1.14. The van der Waals surface area contributed by atoms with Crippen molar-refractivity contribution in [2.45, 2.75) is 13.1 Å². The molecule has 1 fully saturated rings. The highest BCUT2D eigenvalue weighted by Crippen LogP contribution is 2.32. The van der Waals surface area contributed by atoms with Gasteiger partial charge in [-0.1, -0.05) is 18.2 Å². The first-order valence-corrected chi connectivity index (χ1v) is 9.08. The van der Waals surface area contributed by atoms with E-state index in [4.69, 9.17) is 9.73 Å². The Bertz CT molecular complexity index is 930. The van der Waals surface area contributed by atoms with E-state index in [2.05, 4.69) is 27.1 Å². The quantitative estimate of drug-likeness (QED) is 0.857. The number of ether oxygens (including phenoxy) is 1. The molecule has 8 heteroatoms. The van der Waals surface area contributed by atoms with Gasteiger partial charge in [0, 0.05) is 43.5 Å². The van der Waals surface area contributed by atoms with E-state index in [0.29, 0.717) is 17.4 Å². The third-order valence-electron chi connectivity index (χ3n) is 5.01. The Kier molecular flexibility index (Phi) is 4.57. The van der Waals surface area contributed by atoms with Crippen LogP contribution in [0.5, 0.6) is 5.75 Å². The number of benzene rings is 1. The molecule has 2 aliphatic rings. The monoisotopic (exact) mass is 368 g/mol. The summed E-state index contributed by atoms with van der Waals surface area (Å²) in [6.07, 6.45) is -0.521. The maximum Gasteiger partial charge on any atom is 0.257 e. The van der Waals surface area contributed by atoms with Crippen LogP contribution in [0, 0.1) is 6.92 Å². The lowest BCUT2D eigenvalue weighted by atomic mass is 10.1. The van der Waals surface area contributed by atoms with E-state index in [1.807, 2.05) is 31.2 Å². The summed E-state index contributed by atoms with van der Waals surface area (Å²) in [5.74, 6) is 1.96. The van der Waals surface area contributed by atoms with Crippen molar-refractivity contribution in [3.05, 3.63) is 51.9 Å². The van der Waals surface area contributed by atoms with Gasteiger partial charge in [0.05, 0.1) is 7.11 Å². The second-order valence-corrected chi connectivity index (χ2v) is 6.91. The zero-order chi connectivity index (χ0) is 19.0. The number of hydrogen-bond donors (Lipinski definition) is 1. The molecule has 0 radical (unpaired) electrons. The number of para-hydroxylation sites is 1. The third-order valence-corrected chi connectivity index (χ3v) is 5.01. The van der Waals surface area contributed by atoms with Crippen LogP contribution in [-0.4, -0.2) is 65.6 Å². The molecular formula is C19H24N6O2. The molecule has 1 aromatic heterocycles. The van der Waals surface area contributed by atoms with Crippen LogP contribution in [0.2, 0.25) is 0 Å². The highest BCUT2D eigenvalue weighted by molar-refractivity contribution is 5.93. The summed E-state index contributed by atoms with van der Waals surface area (Å²) < 4.78 is 7.11. The molecule has 1 aromatic carbocycles. The molecular weight excluding hydrogens is 344 g/mol. The van der Waals surface area contributed by atoms with E-state index in [9.17, 15) is 4.79 Å². The topological polar surface area (TPSA) is 75.0 Å². The van der Waals surface area contributed by atoms with Crippen LogP contribution in [0.3, 0.4) is 0 Å². The van der Waals surface area contributed by atoms with Gasteiger partial charge in [-0.25, -0.2) is 9.98 Å². The van der Waals surface area contributed by atoms with Gasteiger partial charge in [0.15, 0.2) is 6.17 Å². The van der Waals surface area contributed by atoms with Crippen molar-refractivity contribution in [2.75, 3.05) is 45.7 Å². The van der Waals surface area contributed by atoms with Gasteiger partial charge < -0.3 is 14.5 Å². The number of fused-ring (bicyclic) bond motifs is 1. The molecule has 2 aromatic rings. The molecule has 0 bridgehead atoms. The number of anilines is 1. The molecule has 3 heterocycles. The average molecular weight is 368 g/mol. The van der Waals surface area contributed by atoms with Crippen LogP contribution in [0.1, 0.15) is 17.4 Å². The first-order valence-electron chi connectivity index (χ1n) is 9.08. The molecule has 4 rings (SSSR count). The number of rotatable bonds is 2. The van der Waals surface area contributed by atoms with Gasteiger partial charge in [0.25, 0.3) is 5.56 Å².